The molecule has 2 aromatic rings. The Kier molecular flexibility index (Phi) is 3.91. The Morgan fingerprint density at radius 1 is 1.29 bits per heavy atom. The summed E-state index contributed by atoms with van der Waals surface area (Å²) < 4.78 is 0. The number of benzene rings is 2. The van der Waals surface area contributed by atoms with Crippen LogP contribution in [-0.4, -0.2) is 15.8 Å². The number of hydrogen-bond donors (Lipinski definition) is 2. The number of nitrogens with one attached hydrogen (secondary N) is 1. The SMILES string of the molecule is O=C(NC1c2ccccc2CC1Br)c1ccc(Cl)cc1O. The van der Waals surface area contributed by atoms with Gasteiger partial charge in [-0.05, 0) is 35.7 Å². The van der Waals surface area contributed by atoms with Gasteiger partial charge in [-0.25, -0.2) is 0 Å². The van der Waals surface area contributed by atoms with Crippen LogP contribution in [0.3, 0.4) is 0 Å². The zero-order valence-electron chi connectivity index (χ0n) is 11.0. The average molecular weight is 367 g/mol. The van der Waals surface area contributed by atoms with Crippen LogP contribution in [-0.2, 0) is 6.42 Å². The lowest BCUT2D eigenvalue weighted by atomic mass is 10.1. The molecule has 0 saturated carbocycles. The monoisotopic (exact) mass is 365 g/mol. The van der Waals surface area contributed by atoms with Gasteiger partial charge in [0.15, 0.2) is 0 Å². The molecule has 1 amide bonds. The number of amides is 1. The lowest BCUT2D eigenvalue weighted by Crippen LogP contribution is -2.31. The first-order valence-corrected chi connectivity index (χ1v) is 7.87. The molecule has 0 heterocycles. The molecule has 1 aliphatic carbocycles. The van der Waals surface area contributed by atoms with Gasteiger partial charge in [0.1, 0.15) is 5.75 Å². The fraction of sp³-hybridized carbons (Fsp3) is 0.188. The Bertz CT molecular complexity index is 704. The van der Waals surface area contributed by atoms with E-state index >= 15 is 0 Å². The first-order valence-electron chi connectivity index (χ1n) is 6.57. The van der Waals surface area contributed by atoms with Gasteiger partial charge in [-0.2, -0.15) is 0 Å². The molecular formula is C16H13BrClNO2. The van der Waals surface area contributed by atoms with Gasteiger partial charge in [0.05, 0.1) is 11.6 Å². The molecular weight excluding hydrogens is 354 g/mol. The van der Waals surface area contributed by atoms with Crippen molar-refractivity contribution in [2.45, 2.75) is 17.3 Å². The summed E-state index contributed by atoms with van der Waals surface area (Å²) in [5, 5.41) is 13.2. The summed E-state index contributed by atoms with van der Waals surface area (Å²) in [6, 6.07) is 12.4. The number of phenols is 1. The molecule has 2 aromatic carbocycles. The van der Waals surface area contributed by atoms with Gasteiger partial charge in [-0.3, -0.25) is 4.79 Å². The molecule has 0 bridgehead atoms. The van der Waals surface area contributed by atoms with E-state index in [2.05, 4.69) is 27.3 Å². The highest BCUT2D eigenvalue weighted by Gasteiger charge is 2.32. The summed E-state index contributed by atoms with van der Waals surface area (Å²) in [6.45, 7) is 0. The second kappa shape index (κ2) is 5.70. The van der Waals surface area contributed by atoms with Crippen molar-refractivity contribution in [3.8, 4) is 5.75 Å². The Hall–Kier alpha value is -1.52. The normalized spacial score (nSPS) is 20.1. The highest BCUT2D eigenvalue weighted by atomic mass is 79.9. The van der Waals surface area contributed by atoms with Crippen molar-refractivity contribution in [3.63, 3.8) is 0 Å². The van der Waals surface area contributed by atoms with E-state index in [1.807, 2.05) is 18.2 Å². The van der Waals surface area contributed by atoms with Crippen LogP contribution in [0.15, 0.2) is 42.5 Å². The Labute approximate surface area is 136 Å². The fourth-order valence-electron chi connectivity index (χ4n) is 2.63. The minimum atomic E-state index is -0.310. The van der Waals surface area contributed by atoms with Crippen LogP contribution in [0.4, 0.5) is 0 Å². The maximum absolute atomic E-state index is 12.4. The van der Waals surface area contributed by atoms with Gasteiger partial charge in [0.25, 0.3) is 5.91 Å². The standard InChI is InChI=1S/C16H13BrClNO2/c17-13-7-9-3-1-2-4-11(9)15(13)19-16(21)12-6-5-10(18)8-14(12)20/h1-6,8,13,15,20H,7H2,(H,19,21). The van der Waals surface area contributed by atoms with Crippen LogP contribution >= 0.6 is 27.5 Å². The quantitative estimate of drug-likeness (QED) is 0.794. The van der Waals surface area contributed by atoms with Crippen molar-refractivity contribution in [2.24, 2.45) is 0 Å². The third kappa shape index (κ3) is 2.78. The third-order valence-electron chi connectivity index (χ3n) is 3.66. The van der Waals surface area contributed by atoms with Crippen LogP contribution in [0.25, 0.3) is 0 Å². The topological polar surface area (TPSA) is 49.3 Å². The average Bonchev–Trinajstić information content (AvgIpc) is 2.75. The van der Waals surface area contributed by atoms with Gasteiger partial charge >= 0.3 is 0 Å². The predicted octanol–water partition coefficient (Wildman–Crippen LogP) is 3.84. The van der Waals surface area contributed by atoms with Gasteiger partial charge in [-0.15, -0.1) is 0 Å². The third-order valence-corrected chi connectivity index (χ3v) is 4.75. The van der Waals surface area contributed by atoms with Crippen molar-refractivity contribution < 1.29 is 9.90 Å². The highest BCUT2D eigenvalue weighted by Crippen LogP contribution is 2.36. The van der Waals surface area contributed by atoms with E-state index in [0.717, 1.165) is 12.0 Å². The number of hydrogen-bond acceptors (Lipinski definition) is 2. The molecule has 5 heteroatoms. The van der Waals surface area contributed by atoms with Gasteiger partial charge < -0.3 is 10.4 Å². The molecule has 0 aromatic heterocycles. The summed E-state index contributed by atoms with van der Waals surface area (Å²) >= 11 is 9.40. The molecule has 2 atom stereocenters. The van der Waals surface area contributed by atoms with Gasteiger partial charge in [0.2, 0.25) is 0 Å². The first-order chi connectivity index (χ1) is 10.1. The molecule has 3 nitrogen and oxygen atoms in total. The largest absolute Gasteiger partial charge is 0.507 e. The van der Waals surface area contributed by atoms with Crippen molar-refractivity contribution in [1.82, 2.24) is 5.32 Å². The highest BCUT2D eigenvalue weighted by molar-refractivity contribution is 9.09. The maximum Gasteiger partial charge on any atom is 0.255 e. The summed E-state index contributed by atoms with van der Waals surface area (Å²) in [7, 11) is 0. The zero-order valence-corrected chi connectivity index (χ0v) is 13.4. The molecule has 2 unspecified atom stereocenters. The molecule has 0 spiro atoms. The van der Waals surface area contributed by atoms with E-state index in [1.165, 1.54) is 17.7 Å². The smallest absolute Gasteiger partial charge is 0.255 e. The van der Waals surface area contributed by atoms with E-state index in [4.69, 9.17) is 11.6 Å². The van der Waals surface area contributed by atoms with E-state index in [9.17, 15) is 9.90 Å². The molecule has 0 fully saturated rings. The number of rotatable bonds is 2. The van der Waals surface area contributed by atoms with Crippen molar-refractivity contribution in [2.75, 3.05) is 0 Å². The van der Waals surface area contributed by atoms with Crippen LogP contribution < -0.4 is 5.32 Å². The number of carbonyl (C=O) groups excluding carboxylic acids is 1. The lowest BCUT2D eigenvalue weighted by molar-refractivity contribution is 0.0935. The molecule has 2 N–H and O–H groups in total. The van der Waals surface area contributed by atoms with Crippen LogP contribution in [0.1, 0.15) is 27.5 Å². The minimum Gasteiger partial charge on any atom is -0.507 e. The second-order valence-corrected chi connectivity index (χ2v) is 6.64. The minimum absolute atomic E-state index is 0.108. The first kappa shape index (κ1) is 14.4. The summed E-state index contributed by atoms with van der Waals surface area (Å²) in [6.07, 6.45) is 0.869. The van der Waals surface area contributed by atoms with E-state index in [-0.39, 0.29) is 28.1 Å². The van der Waals surface area contributed by atoms with Crippen LogP contribution in [0, 0.1) is 0 Å². The maximum atomic E-state index is 12.4. The zero-order chi connectivity index (χ0) is 15.0. The van der Waals surface area contributed by atoms with E-state index < -0.39 is 0 Å². The number of fused-ring (bicyclic) bond motifs is 1. The predicted molar refractivity (Wildman–Crippen MR) is 86.2 cm³/mol. The fourth-order valence-corrected chi connectivity index (χ4v) is 3.56. The Balaban J connectivity index is 1.85. The second-order valence-electron chi connectivity index (χ2n) is 5.03. The molecule has 0 radical (unpaired) electrons. The number of phenolic OH excluding ortho intramolecular Hbond substituents is 1. The molecule has 21 heavy (non-hydrogen) atoms. The molecule has 3 rings (SSSR count). The van der Waals surface area contributed by atoms with Crippen LogP contribution in [0.5, 0.6) is 5.75 Å². The lowest BCUT2D eigenvalue weighted by Gasteiger charge is -2.18. The van der Waals surface area contributed by atoms with Crippen molar-refractivity contribution in [1.29, 1.82) is 0 Å². The number of aromatic hydroxyl groups is 1. The molecule has 0 aliphatic heterocycles. The van der Waals surface area contributed by atoms with Crippen molar-refractivity contribution >= 4 is 33.4 Å². The Morgan fingerprint density at radius 2 is 2.05 bits per heavy atom. The number of carbonyl (C=O) groups is 1. The van der Waals surface area contributed by atoms with Gasteiger partial charge in [-0.1, -0.05) is 51.8 Å². The van der Waals surface area contributed by atoms with E-state index in [1.54, 1.807) is 6.07 Å². The Morgan fingerprint density at radius 3 is 2.81 bits per heavy atom. The van der Waals surface area contributed by atoms with Crippen LogP contribution in [0.2, 0.25) is 5.02 Å². The molecule has 1 aliphatic rings. The number of alkyl halides is 1. The molecule has 108 valence electrons. The number of halogens is 2. The summed E-state index contributed by atoms with van der Waals surface area (Å²) in [4.78, 5) is 12.5. The van der Waals surface area contributed by atoms with E-state index in [0.29, 0.717) is 5.02 Å². The molecule has 0 saturated heterocycles. The van der Waals surface area contributed by atoms with Gasteiger partial charge in [0, 0.05) is 9.85 Å². The van der Waals surface area contributed by atoms with Crippen molar-refractivity contribution in [3.05, 3.63) is 64.2 Å². The summed E-state index contributed by atoms with van der Waals surface area (Å²) in [5.41, 5.74) is 2.56. The summed E-state index contributed by atoms with van der Waals surface area (Å²) in [5.74, 6) is -0.423.